The summed E-state index contributed by atoms with van der Waals surface area (Å²) in [6.07, 6.45) is 5.59. The van der Waals surface area contributed by atoms with Crippen molar-refractivity contribution >= 4 is 35.7 Å². The molecule has 0 fully saturated rings. The fourth-order valence-corrected chi connectivity index (χ4v) is 2.09. The molecule has 7 heteroatoms. The highest BCUT2D eigenvalue weighted by molar-refractivity contribution is 7.98. The molecule has 1 N–H and O–H groups in total. The van der Waals surface area contributed by atoms with Gasteiger partial charge in [0.15, 0.2) is 6.61 Å². The summed E-state index contributed by atoms with van der Waals surface area (Å²) in [4.78, 5) is 35.0. The van der Waals surface area contributed by atoms with Crippen LogP contribution < -0.4 is 5.32 Å². The number of esters is 2. The van der Waals surface area contributed by atoms with Gasteiger partial charge in [0.25, 0.3) is 5.91 Å². The van der Waals surface area contributed by atoms with Crippen LogP contribution in [0.3, 0.4) is 0 Å². The van der Waals surface area contributed by atoms with Crippen LogP contribution in [-0.4, -0.2) is 44.4 Å². The second-order valence-corrected chi connectivity index (χ2v) is 5.62. The minimum absolute atomic E-state index is 0.231. The van der Waals surface area contributed by atoms with Crippen molar-refractivity contribution in [2.24, 2.45) is 0 Å². The van der Waals surface area contributed by atoms with Gasteiger partial charge < -0.3 is 14.8 Å². The van der Waals surface area contributed by atoms with Gasteiger partial charge in [-0.05, 0) is 36.4 Å². The van der Waals surface area contributed by atoms with Gasteiger partial charge in [-0.25, -0.2) is 4.79 Å². The van der Waals surface area contributed by atoms with E-state index < -0.39 is 11.9 Å². The molecular formula is C17H21NO5S. The first-order chi connectivity index (χ1) is 11.5. The van der Waals surface area contributed by atoms with Crippen molar-refractivity contribution < 1.29 is 23.9 Å². The van der Waals surface area contributed by atoms with Crippen LogP contribution in [0.4, 0.5) is 0 Å². The van der Waals surface area contributed by atoms with E-state index in [4.69, 9.17) is 4.74 Å². The lowest BCUT2D eigenvalue weighted by Crippen LogP contribution is -2.29. The molecule has 0 saturated carbocycles. The average Bonchev–Trinajstić information content (AvgIpc) is 2.61. The minimum atomic E-state index is -0.589. The Morgan fingerprint density at radius 2 is 1.92 bits per heavy atom. The maximum atomic E-state index is 11.5. The highest BCUT2D eigenvalue weighted by Crippen LogP contribution is 2.15. The van der Waals surface area contributed by atoms with Crippen LogP contribution in [0.25, 0.3) is 6.08 Å². The molecule has 24 heavy (non-hydrogen) atoms. The number of thioether (sulfide) groups is 1. The molecule has 0 aromatic heterocycles. The summed E-state index contributed by atoms with van der Waals surface area (Å²) in [5, 5.41) is 2.55. The van der Waals surface area contributed by atoms with Crippen LogP contribution >= 0.6 is 11.8 Å². The van der Waals surface area contributed by atoms with Crippen LogP contribution in [0.1, 0.15) is 18.4 Å². The number of amides is 1. The second kappa shape index (κ2) is 11.3. The van der Waals surface area contributed by atoms with E-state index in [1.807, 2.05) is 30.5 Å². The molecule has 130 valence electrons. The zero-order valence-electron chi connectivity index (χ0n) is 13.7. The lowest BCUT2D eigenvalue weighted by Gasteiger charge is -2.05. The van der Waals surface area contributed by atoms with Crippen molar-refractivity contribution in [2.75, 3.05) is 26.5 Å². The van der Waals surface area contributed by atoms with E-state index in [9.17, 15) is 14.4 Å². The Bertz CT molecular complexity index is 583. The molecule has 0 unspecified atom stereocenters. The second-order valence-electron chi connectivity index (χ2n) is 4.74. The molecule has 1 aromatic carbocycles. The Morgan fingerprint density at radius 3 is 2.54 bits per heavy atom. The number of carbonyl (C=O) groups excluding carboxylic acids is 3. The van der Waals surface area contributed by atoms with E-state index in [1.165, 1.54) is 13.2 Å². The number of nitrogens with one attached hydrogen (secondary N) is 1. The molecule has 1 aromatic rings. The average molecular weight is 351 g/mol. The molecule has 0 aliphatic rings. The van der Waals surface area contributed by atoms with Crippen molar-refractivity contribution in [1.82, 2.24) is 5.32 Å². The molecule has 0 saturated heterocycles. The number of hydrogen-bond donors (Lipinski definition) is 1. The van der Waals surface area contributed by atoms with Gasteiger partial charge in [0, 0.05) is 23.9 Å². The van der Waals surface area contributed by atoms with E-state index >= 15 is 0 Å². The summed E-state index contributed by atoms with van der Waals surface area (Å²) in [7, 11) is 1.31. The third kappa shape index (κ3) is 8.38. The van der Waals surface area contributed by atoms with Crippen LogP contribution in [0.5, 0.6) is 0 Å². The van der Waals surface area contributed by atoms with Crippen molar-refractivity contribution in [1.29, 1.82) is 0 Å². The lowest BCUT2D eigenvalue weighted by molar-refractivity contribution is -0.143. The molecule has 6 nitrogen and oxygen atoms in total. The molecule has 0 bridgehead atoms. The molecule has 0 radical (unpaired) electrons. The van der Waals surface area contributed by atoms with Crippen molar-refractivity contribution in [3.63, 3.8) is 0 Å². The summed E-state index contributed by atoms with van der Waals surface area (Å²) in [5.41, 5.74) is 0.872. The minimum Gasteiger partial charge on any atom is -0.469 e. The molecule has 0 atom stereocenters. The molecule has 1 amide bonds. The molecule has 0 spiro atoms. The summed E-state index contributed by atoms with van der Waals surface area (Å²) in [6, 6.07) is 7.70. The number of carbonyl (C=O) groups is 3. The Morgan fingerprint density at radius 1 is 1.21 bits per heavy atom. The number of rotatable bonds is 9. The zero-order valence-corrected chi connectivity index (χ0v) is 14.6. The normalized spacial score (nSPS) is 10.4. The summed E-state index contributed by atoms with van der Waals surface area (Å²) >= 11 is 1.64. The monoisotopic (exact) mass is 351 g/mol. The van der Waals surface area contributed by atoms with Crippen LogP contribution in [0, 0.1) is 0 Å². The molecule has 0 heterocycles. The fraction of sp³-hybridized carbons (Fsp3) is 0.353. The lowest BCUT2D eigenvalue weighted by atomic mass is 10.2. The van der Waals surface area contributed by atoms with Gasteiger partial charge in [0.1, 0.15) is 0 Å². The van der Waals surface area contributed by atoms with Crippen LogP contribution in [-0.2, 0) is 23.9 Å². The third-order valence-corrected chi connectivity index (χ3v) is 3.72. The Labute approximate surface area is 145 Å². The first-order valence-electron chi connectivity index (χ1n) is 7.37. The van der Waals surface area contributed by atoms with Crippen LogP contribution in [0.15, 0.2) is 35.2 Å². The number of hydrogen-bond acceptors (Lipinski definition) is 6. The Hall–Kier alpha value is -2.28. The van der Waals surface area contributed by atoms with Gasteiger partial charge in [0.05, 0.1) is 7.11 Å². The number of benzene rings is 1. The fourth-order valence-electron chi connectivity index (χ4n) is 1.68. The molecule has 0 aliphatic carbocycles. The first-order valence-corrected chi connectivity index (χ1v) is 8.60. The van der Waals surface area contributed by atoms with E-state index in [1.54, 1.807) is 17.8 Å². The summed E-state index contributed by atoms with van der Waals surface area (Å²) < 4.78 is 9.32. The van der Waals surface area contributed by atoms with Crippen molar-refractivity contribution in [2.45, 2.75) is 17.7 Å². The number of ether oxygens (including phenoxy) is 2. The topological polar surface area (TPSA) is 81.7 Å². The predicted molar refractivity (Wildman–Crippen MR) is 92.5 cm³/mol. The molecule has 0 aliphatic heterocycles. The third-order valence-electron chi connectivity index (χ3n) is 2.98. The maximum Gasteiger partial charge on any atom is 0.331 e. The summed E-state index contributed by atoms with van der Waals surface area (Å²) in [6.45, 7) is -0.0318. The summed E-state index contributed by atoms with van der Waals surface area (Å²) in [5.74, 6) is -1.33. The van der Waals surface area contributed by atoms with Crippen molar-refractivity contribution in [3.8, 4) is 0 Å². The van der Waals surface area contributed by atoms with Gasteiger partial charge in [-0.1, -0.05) is 12.1 Å². The first kappa shape index (κ1) is 19.8. The molecular weight excluding hydrogens is 330 g/mol. The Balaban J connectivity index is 2.23. The van der Waals surface area contributed by atoms with Gasteiger partial charge in [-0.15, -0.1) is 11.8 Å². The van der Waals surface area contributed by atoms with Crippen molar-refractivity contribution in [3.05, 3.63) is 35.9 Å². The smallest absolute Gasteiger partial charge is 0.331 e. The predicted octanol–water partition coefficient (Wildman–Crippen LogP) is 2.03. The van der Waals surface area contributed by atoms with E-state index in [0.717, 1.165) is 10.5 Å². The van der Waals surface area contributed by atoms with E-state index in [-0.39, 0.29) is 19.0 Å². The highest BCUT2D eigenvalue weighted by atomic mass is 32.2. The van der Waals surface area contributed by atoms with Gasteiger partial charge in [-0.2, -0.15) is 0 Å². The van der Waals surface area contributed by atoms with E-state index in [2.05, 4.69) is 10.1 Å². The number of methoxy groups -OCH3 is 1. The Kier molecular flexibility index (Phi) is 9.29. The van der Waals surface area contributed by atoms with E-state index in [0.29, 0.717) is 13.0 Å². The quantitative estimate of drug-likeness (QED) is 0.317. The largest absolute Gasteiger partial charge is 0.469 e. The van der Waals surface area contributed by atoms with Crippen LogP contribution in [0.2, 0.25) is 0 Å². The maximum absolute atomic E-state index is 11.5. The van der Waals surface area contributed by atoms with Gasteiger partial charge >= 0.3 is 11.9 Å². The molecule has 1 rings (SSSR count). The highest BCUT2D eigenvalue weighted by Gasteiger charge is 2.05. The van der Waals surface area contributed by atoms with Gasteiger partial charge in [-0.3, -0.25) is 9.59 Å². The van der Waals surface area contributed by atoms with Gasteiger partial charge in [0.2, 0.25) is 0 Å². The zero-order chi connectivity index (χ0) is 17.8. The standard InChI is InChI=1S/C17H21NO5S/c1-22-16(20)4-3-11-18-15(19)12-23-17(21)10-7-13-5-8-14(24-2)9-6-13/h5-10H,3-4,11-12H2,1-2H3,(H,18,19)/b10-7+. The SMILES string of the molecule is COC(=O)CCCNC(=O)COC(=O)/C=C/c1ccc(SC)cc1.